The highest BCUT2D eigenvalue weighted by Crippen LogP contribution is 2.38. The molecule has 5 nitrogen and oxygen atoms in total. The maximum Gasteiger partial charge on any atom is 0.0566 e. The van der Waals surface area contributed by atoms with E-state index in [0.29, 0.717) is 0 Å². The molecule has 1 aliphatic heterocycles. The number of nitrogens with zero attached hydrogens (tertiary/aromatic N) is 3. The third-order valence-corrected chi connectivity index (χ3v) is 11.9. The quantitative estimate of drug-likeness (QED) is 0.119. The predicted molar refractivity (Wildman–Crippen MR) is 221 cm³/mol. The molecular weight excluding hydrogens is 651 g/mol. The second-order valence-corrected chi connectivity index (χ2v) is 15.1. The van der Waals surface area contributed by atoms with Gasteiger partial charge in [0.25, 0.3) is 0 Å². The zero-order valence-corrected chi connectivity index (χ0v) is 30.4. The van der Waals surface area contributed by atoms with Crippen LogP contribution in [-0.4, -0.2) is 40.1 Å². The van der Waals surface area contributed by atoms with Gasteiger partial charge in [0.2, 0.25) is 0 Å². The van der Waals surface area contributed by atoms with Gasteiger partial charge < -0.3 is 23.2 Å². The molecule has 0 N–H and O–H groups in total. The lowest BCUT2D eigenvalue weighted by Crippen LogP contribution is -2.45. The molecule has 5 heteroatoms. The summed E-state index contributed by atoms with van der Waals surface area (Å²) < 4.78 is 19.0. The third kappa shape index (κ3) is 5.36. The van der Waals surface area contributed by atoms with Crippen LogP contribution < -0.4 is 0 Å². The Labute approximate surface area is 309 Å². The molecular formula is C48H45N3O2. The fourth-order valence-electron chi connectivity index (χ4n) is 8.90. The summed E-state index contributed by atoms with van der Waals surface area (Å²) in [5, 5.41) is 7.72. The first-order valence-corrected chi connectivity index (χ1v) is 19.4. The van der Waals surface area contributed by atoms with Crippen LogP contribution in [0.3, 0.4) is 0 Å². The zero-order chi connectivity index (χ0) is 35.4. The first kappa shape index (κ1) is 32.3. The number of benzene rings is 6. The Kier molecular flexibility index (Phi) is 8.07. The average Bonchev–Trinajstić information content (AvgIpc) is 3.82. The first-order valence-electron chi connectivity index (χ1n) is 19.4. The van der Waals surface area contributed by atoms with E-state index in [-0.39, 0.29) is 5.41 Å². The van der Waals surface area contributed by atoms with E-state index in [0.717, 1.165) is 52.2 Å². The number of ether oxygens (including phenoxy) is 2. The summed E-state index contributed by atoms with van der Waals surface area (Å²) >= 11 is 0. The largest absolute Gasteiger partial charge is 0.381 e. The van der Waals surface area contributed by atoms with Crippen LogP contribution in [-0.2, 0) is 16.0 Å². The Morgan fingerprint density at radius 3 is 1.40 bits per heavy atom. The number of aromatic nitrogens is 3. The SMILES string of the molecule is CCC1(COCCCCCCn2c3ccc(-n4c5ccccc5c5ccccc54)cc3c3cc(-n4c5ccccc5c5ccccc54)ccc32)COC1. The first-order chi connectivity index (χ1) is 26.2. The van der Waals surface area contributed by atoms with Crippen molar-refractivity contribution < 1.29 is 9.47 Å². The van der Waals surface area contributed by atoms with Crippen molar-refractivity contribution in [2.24, 2.45) is 5.41 Å². The van der Waals surface area contributed by atoms with Gasteiger partial charge in [0.05, 0.1) is 41.9 Å². The fraction of sp³-hybridized carbons (Fsp3) is 0.250. The highest BCUT2D eigenvalue weighted by atomic mass is 16.5. The van der Waals surface area contributed by atoms with Crippen molar-refractivity contribution in [3.63, 3.8) is 0 Å². The molecule has 0 bridgehead atoms. The number of unbranched alkanes of at least 4 members (excludes halogenated alkanes) is 3. The van der Waals surface area contributed by atoms with E-state index in [9.17, 15) is 0 Å². The van der Waals surface area contributed by atoms with E-state index in [4.69, 9.17) is 9.47 Å². The zero-order valence-electron chi connectivity index (χ0n) is 30.4. The number of hydrogen-bond donors (Lipinski definition) is 0. The molecule has 1 aliphatic rings. The van der Waals surface area contributed by atoms with E-state index >= 15 is 0 Å². The Balaban J connectivity index is 1.04. The van der Waals surface area contributed by atoms with Crippen molar-refractivity contribution in [2.75, 3.05) is 26.4 Å². The molecule has 0 atom stereocenters. The summed E-state index contributed by atoms with van der Waals surface area (Å²) in [7, 11) is 0. The van der Waals surface area contributed by atoms with Gasteiger partial charge in [-0.3, -0.25) is 0 Å². The van der Waals surface area contributed by atoms with Gasteiger partial charge in [-0.05, 0) is 79.9 Å². The van der Waals surface area contributed by atoms with Crippen LogP contribution in [0.25, 0.3) is 76.8 Å². The maximum absolute atomic E-state index is 6.10. The van der Waals surface area contributed by atoms with Gasteiger partial charge in [0.15, 0.2) is 0 Å². The van der Waals surface area contributed by atoms with Crippen LogP contribution >= 0.6 is 0 Å². The van der Waals surface area contributed by atoms with Crippen LogP contribution in [0, 0.1) is 5.41 Å². The van der Waals surface area contributed by atoms with E-state index in [1.54, 1.807) is 0 Å². The molecule has 0 aliphatic carbocycles. The number of aryl methyl sites for hydroxylation is 1. The molecule has 6 aromatic carbocycles. The van der Waals surface area contributed by atoms with Crippen LogP contribution in [0.1, 0.15) is 39.0 Å². The van der Waals surface area contributed by atoms with E-state index < -0.39 is 0 Å². The molecule has 53 heavy (non-hydrogen) atoms. The van der Waals surface area contributed by atoms with Crippen molar-refractivity contribution in [3.8, 4) is 11.4 Å². The van der Waals surface area contributed by atoms with Gasteiger partial charge >= 0.3 is 0 Å². The lowest BCUT2D eigenvalue weighted by molar-refractivity contribution is -0.150. The molecule has 3 aromatic heterocycles. The average molecular weight is 696 g/mol. The van der Waals surface area contributed by atoms with E-state index in [2.05, 4.69) is 154 Å². The number of rotatable bonds is 12. The van der Waals surface area contributed by atoms with Crippen molar-refractivity contribution >= 4 is 65.4 Å². The topological polar surface area (TPSA) is 33.2 Å². The van der Waals surface area contributed by atoms with Crippen LogP contribution in [0.4, 0.5) is 0 Å². The molecule has 0 radical (unpaired) electrons. The Bertz CT molecular complexity index is 2490. The van der Waals surface area contributed by atoms with Gasteiger partial charge in [-0.2, -0.15) is 0 Å². The van der Waals surface area contributed by atoms with Crippen molar-refractivity contribution in [2.45, 2.75) is 45.6 Å². The van der Waals surface area contributed by atoms with Gasteiger partial charge in [-0.25, -0.2) is 0 Å². The summed E-state index contributed by atoms with van der Waals surface area (Å²) in [4.78, 5) is 0. The molecule has 0 spiro atoms. The molecule has 4 heterocycles. The maximum atomic E-state index is 6.10. The highest BCUT2D eigenvalue weighted by molar-refractivity contribution is 6.13. The molecule has 1 fully saturated rings. The van der Waals surface area contributed by atoms with Crippen LogP contribution in [0.5, 0.6) is 0 Å². The predicted octanol–water partition coefficient (Wildman–Crippen LogP) is 12.0. The number of para-hydroxylation sites is 4. The van der Waals surface area contributed by atoms with Crippen LogP contribution in [0.2, 0.25) is 0 Å². The Hall–Kier alpha value is -5.36. The number of fused-ring (bicyclic) bond motifs is 9. The molecule has 1 saturated heterocycles. The highest BCUT2D eigenvalue weighted by Gasteiger charge is 2.36. The minimum absolute atomic E-state index is 0.263. The second kappa shape index (κ2) is 13.2. The minimum atomic E-state index is 0.263. The third-order valence-electron chi connectivity index (χ3n) is 11.9. The standard InChI is InChI=1S/C48H45N3O2/c1-2-48(32-53-33-48)31-52-28-14-4-3-13-27-49-42-25-23-34(50-44-19-9-5-15-36(44)37-16-6-10-20-45(37)50)29-40(42)41-30-35(24-26-43(41)49)51-46-21-11-7-17-38(46)39-18-8-12-22-47(39)51/h5-12,15-26,29-30H,2-4,13-14,27-28,31-33H2,1H3. The summed E-state index contributed by atoms with van der Waals surface area (Å²) in [6.07, 6.45) is 5.74. The van der Waals surface area contributed by atoms with E-state index in [1.165, 1.54) is 89.6 Å². The van der Waals surface area contributed by atoms with Crippen LogP contribution in [0.15, 0.2) is 133 Å². The van der Waals surface area contributed by atoms with Gasteiger partial charge in [0.1, 0.15) is 0 Å². The Morgan fingerprint density at radius 2 is 0.962 bits per heavy atom. The summed E-state index contributed by atoms with van der Waals surface area (Å²) in [5.41, 5.74) is 10.2. The second-order valence-electron chi connectivity index (χ2n) is 15.1. The molecule has 0 saturated carbocycles. The molecule has 10 rings (SSSR count). The smallest absolute Gasteiger partial charge is 0.0566 e. The molecule has 0 unspecified atom stereocenters. The van der Waals surface area contributed by atoms with Crippen molar-refractivity contribution in [1.82, 2.24) is 13.7 Å². The Morgan fingerprint density at radius 1 is 0.509 bits per heavy atom. The normalized spacial score (nSPS) is 14.4. The lowest BCUT2D eigenvalue weighted by atomic mass is 9.84. The van der Waals surface area contributed by atoms with E-state index in [1.807, 2.05) is 0 Å². The molecule has 264 valence electrons. The molecule has 9 aromatic rings. The minimum Gasteiger partial charge on any atom is -0.381 e. The van der Waals surface area contributed by atoms with Gasteiger partial charge in [-0.1, -0.05) is 92.6 Å². The molecule has 0 amide bonds. The number of hydrogen-bond acceptors (Lipinski definition) is 2. The van der Waals surface area contributed by atoms with Gasteiger partial charge in [0, 0.05) is 73.3 Å². The summed E-state index contributed by atoms with van der Waals surface area (Å²) in [6.45, 7) is 6.61. The monoisotopic (exact) mass is 695 g/mol. The van der Waals surface area contributed by atoms with Crippen molar-refractivity contribution in [3.05, 3.63) is 133 Å². The fourth-order valence-corrected chi connectivity index (χ4v) is 8.90. The van der Waals surface area contributed by atoms with Crippen molar-refractivity contribution in [1.29, 1.82) is 0 Å². The summed E-state index contributed by atoms with van der Waals surface area (Å²) in [6, 6.07) is 49.3. The lowest BCUT2D eigenvalue weighted by Gasteiger charge is -2.40. The summed E-state index contributed by atoms with van der Waals surface area (Å²) in [5.74, 6) is 0. The van der Waals surface area contributed by atoms with Gasteiger partial charge in [-0.15, -0.1) is 0 Å².